The van der Waals surface area contributed by atoms with Crippen LogP contribution in [0.15, 0.2) is 0 Å². The van der Waals surface area contributed by atoms with Crippen LogP contribution >= 0.6 is 11.3 Å². The molecule has 2 amide bonds. The van der Waals surface area contributed by atoms with E-state index in [1.807, 2.05) is 0 Å². The summed E-state index contributed by atoms with van der Waals surface area (Å²) in [5.74, 6) is -1.32. The summed E-state index contributed by atoms with van der Waals surface area (Å²) in [6.45, 7) is 2.03. The van der Waals surface area contributed by atoms with Crippen molar-refractivity contribution >= 4 is 34.1 Å². The molecule has 140 valence electrons. The third-order valence-corrected chi connectivity index (χ3v) is 7.08. The lowest BCUT2D eigenvalue weighted by Crippen LogP contribution is -2.41. The standard InChI is InChI=1S/C19H24N2O4S/c1-2-25-19(24)14-11-8-9-12-13(15(11)26-16(14)20)18(23)21(17(12)22)10-6-4-3-5-7-10/h10,12-13H,2-9,20H2,1H3/t12-,13+/m1/s1. The summed E-state index contributed by atoms with van der Waals surface area (Å²) >= 11 is 1.28. The molecule has 6 nitrogen and oxygen atoms in total. The van der Waals surface area contributed by atoms with Gasteiger partial charge in [-0.3, -0.25) is 14.5 Å². The lowest BCUT2D eigenvalue weighted by molar-refractivity contribution is -0.143. The predicted molar refractivity (Wildman–Crippen MR) is 98.0 cm³/mol. The number of nitrogens with zero attached hydrogens (tertiary/aromatic N) is 1. The number of carbonyl (C=O) groups excluding carboxylic acids is 3. The topological polar surface area (TPSA) is 89.7 Å². The highest BCUT2D eigenvalue weighted by atomic mass is 32.1. The first kappa shape index (κ1) is 17.5. The molecule has 1 saturated carbocycles. The van der Waals surface area contributed by atoms with Crippen LogP contribution < -0.4 is 5.73 Å². The molecule has 3 aliphatic rings. The van der Waals surface area contributed by atoms with Crippen LogP contribution in [0.3, 0.4) is 0 Å². The molecule has 2 heterocycles. The minimum absolute atomic E-state index is 0.0257. The van der Waals surface area contributed by atoms with E-state index in [0.29, 0.717) is 23.4 Å². The predicted octanol–water partition coefficient (Wildman–Crippen LogP) is 2.85. The number of nitrogens with two attached hydrogens (primary N) is 1. The van der Waals surface area contributed by atoms with Crippen molar-refractivity contribution in [3.05, 3.63) is 16.0 Å². The van der Waals surface area contributed by atoms with E-state index >= 15 is 0 Å². The molecule has 0 unspecified atom stereocenters. The van der Waals surface area contributed by atoms with E-state index in [1.165, 1.54) is 17.8 Å². The maximum atomic E-state index is 13.2. The fourth-order valence-corrected chi connectivity index (χ4v) is 6.03. The second-order valence-corrected chi connectivity index (χ2v) is 8.45. The largest absolute Gasteiger partial charge is 0.462 e. The highest BCUT2D eigenvalue weighted by Gasteiger charge is 2.53. The summed E-state index contributed by atoms with van der Waals surface area (Å²) in [4.78, 5) is 40.8. The number of esters is 1. The number of carbonyl (C=O) groups is 3. The van der Waals surface area contributed by atoms with Crippen LogP contribution in [0.2, 0.25) is 0 Å². The molecule has 1 aromatic rings. The van der Waals surface area contributed by atoms with Gasteiger partial charge >= 0.3 is 5.97 Å². The van der Waals surface area contributed by atoms with Gasteiger partial charge in [-0.15, -0.1) is 11.3 Å². The first-order chi connectivity index (χ1) is 12.5. The van der Waals surface area contributed by atoms with E-state index in [4.69, 9.17) is 10.5 Å². The van der Waals surface area contributed by atoms with Gasteiger partial charge in [-0.2, -0.15) is 0 Å². The quantitative estimate of drug-likeness (QED) is 0.647. The van der Waals surface area contributed by atoms with E-state index in [2.05, 4.69) is 0 Å². The lowest BCUT2D eigenvalue weighted by atomic mass is 9.80. The Bertz CT molecular complexity index is 766. The van der Waals surface area contributed by atoms with Gasteiger partial charge in [0.1, 0.15) is 5.00 Å². The van der Waals surface area contributed by atoms with Crippen LogP contribution in [0.4, 0.5) is 5.00 Å². The van der Waals surface area contributed by atoms with Gasteiger partial charge in [-0.25, -0.2) is 4.79 Å². The average molecular weight is 376 g/mol. The number of amides is 2. The molecule has 1 aliphatic heterocycles. The van der Waals surface area contributed by atoms with E-state index < -0.39 is 11.9 Å². The Morgan fingerprint density at radius 3 is 2.62 bits per heavy atom. The van der Waals surface area contributed by atoms with E-state index in [1.54, 1.807) is 11.8 Å². The Morgan fingerprint density at radius 2 is 1.92 bits per heavy atom. The smallest absolute Gasteiger partial charge is 0.341 e. The number of rotatable bonds is 3. The van der Waals surface area contributed by atoms with Crippen LogP contribution in [-0.4, -0.2) is 35.3 Å². The second kappa shape index (κ2) is 6.68. The number of fused-ring (bicyclic) bond motifs is 3. The molecule has 2 fully saturated rings. The van der Waals surface area contributed by atoms with E-state index in [0.717, 1.165) is 36.1 Å². The average Bonchev–Trinajstić information content (AvgIpc) is 3.09. The fraction of sp³-hybridized carbons (Fsp3) is 0.632. The van der Waals surface area contributed by atoms with Gasteiger partial charge in [0, 0.05) is 10.9 Å². The van der Waals surface area contributed by atoms with Crippen molar-refractivity contribution < 1.29 is 19.1 Å². The van der Waals surface area contributed by atoms with Crippen LogP contribution in [0.5, 0.6) is 0 Å². The zero-order valence-electron chi connectivity index (χ0n) is 15.0. The Balaban J connectivity index is 1.69. The Morgan fingerprint density at radius 1 is 1.19 bits per heavy atom. The zero-order chi connectivity index (χ0) is 18.4. The van der Waals surface area contributed by atoms with Gasteiger partial charge in [-0.05, 0) is 38.2 Å². The van der Waals surface area contributed by atoms with Crippen molar-refractivity contribution in [3.8, 4) is 0 Å². The van der Waals surface area contributed by atoms with Gasteiger partial charge in [-0.1, -0.05) is 19.3 Å². The molecule has 0 radical (unpaired) electrons. The van der Waals surface area contributed by atoms with E-state index in [-0.39, 0.29) is 30.4 Å². The van der Waals surface area contributed by atoms with Crippen LogP contribution in [0.25, 0.3) is 0 Å². The van der Waals surface area contributed by atoms with Crippen molar-refractivity contribution in [1.82, 2.24) is 4.90 Å². The number of hydrogen-bond acceptors (Lipinski definition) is 6. The molecule has 0 aromatic carbocycles. The van der Waals surface area contributed by atoms with Crippen molar-refractivity contribution in [3.63, 3.8) is 0 Å². The van der Waals surface area contributed by atoms with Crippen molar-refractivity contribution in [2.45, 2.75) is 63.8 Å². The van der Waals surface area contributed by atoms with Gasteiger partial charge in [0.05, 0.1) is 24.0 Å². The Kier molecular flexibility index (Phi) is 4.50. The van der Waals surface area contributed by atoms with Gasteiger partial charge in [0.2, 0.25) is 11.8 Å². The monoisotopic (exact) mass is 376 g/mol. The summed E-state index contributed by atoms with van der Waals surface area (Å²) in [6, 6.07) is 0.0413. The molecule has 1 saturated heterocycles. The summed E-state index contributed by atoms with van der Waals surface area (Å²) < 4.78 is 5.13. The van der Waals surface area contributed by atoms with E-state index in [9.17, 15) is 14.4 Å². The van der Waals surface area contributed by atoms with Crippen LogP contribution in [0.1, 0.15) is 72.2 Å². The first-order valence-corrected chi connectivity index (χ1v) is 10.3. The highest BCUT2D eigenvalue weighted by Crippen LogP contribution is 2.50. The molecule has 1 aromatic heterocycles. The maximum Gasteiger partial charge on any atom is 0.341 e. The summed E-state index contributed by atoms with van der Waals surface area (Å²) in [5.41, 5.74) is 7.32. The summed E-state index contributed by atoms with van der Waals surface area (Å²) in [7, 11) is 0. The number of hydrogen-bond donors (Lipinski definition) is 1. The second-order valence-electron chi connectivity index (χ2n) is 7.37. The molecule has 2 atom stereocenters. The minimum atomic E-state index is -0.469. The summed E-state index contributed by atoms with van der Waals surface area (Å²) in [6.07, 6.45) is 6.31. The third kappa shape index (κ3) is 2.55. The molecule has 2 N–H and O–H groups in total. The Labute approximate surface area is 156 Å². The molecule has 26 heavy (non-hydrogen) atoms. The van der Waals surface area contributed by atoms with Gasteiger partial charge in [0.15, 0.2) is 0 Å². The summed E-state index contributed by atoms with van der Waals surface area (Å²) in [5, 5.41) is 0.394. The van der Waals surface area contributed by atoms with Crippen molar-refractivity contribution in [1.29, 1.82) is 0 Å². The molecule has 7 heteroatoms. The van der Waals surface area contributed by atoms with Crippen molar-refractivity contribution in [2.24, 2.45) is 5.92 Å². The molecular weight excluding hydrogens is 352 g/mol. The highest BCUT2D eigenvalue weighted by molar-refractivity contribution is 7.16. The van der Waals surface area contributed by atoms with Crippen LogP contribution in [0, 0.1) is 5.92 Å². The number of ether oxygens (including phenoxy) is 1. The normalized spacial score (nSPS) is 26.0. The SMILES string of the molecule is CCOC(=O)c1c(N)sc2c1CC[C@H]1C(=O)N(C3CCCCC3)C(=O)[C@H]21. The number of nitrogen functional groups attached to an aromatic ring is 1. The minimum Gasteiger partial charge on any atom is -0.462 e. The lowest BCUT2D eigenvalue weighted by Gasteiger charge is -2.29. The first-order valence-electron chi connectivity index (χ1n) is 9.49. The van der Waals surface area contributed by atoms with Crippen LogP contribution in [-0.2, 0) is 20.7 Å². The molecule has 2 aliphatic carbocycles. The third-order valence-electron chi connectivity index (χ3n) is 5.93. The molecular formula is C19H24N2O4S. The molecule has 0 spiro atoms. The number of thiophene rings is 1. The van der Waals surface area contributed by atoms with Gasteiger partial charge < -0.3 is 10.5 Å². The zero-order valence-corrected chi connectivity index (χ0v) is 15.8. The maximum absolute atomic E-state index is 13.2. The molecule has 0 bridgehead atoms. The number of likely N-dealkylation sites (tertiary alicyclic amines) is 1. The van der Waals surface area contributed by atoms with Crippen molar-refractivity contribution in [2.75, 3.05) is 12.3 Å². The number of anilines is 1. The molecule has 4 rings (SSSR count). The Hall–Kier alpha value is -1.89. The van der Waals surface area contributed by atoms with Gasteiger partial charge in [0.25, 0.3) is 0 Å². The number of imide groups is 1. The fourth-order valence-electron chi connectivity index (χ4n) is 4.77.